The van der Waals surface area contributed by atoms with Gasteiger partial charge in [0, 0.05) is 17.2 Å². The zero-order chi connectivity index (χ0) is 11.6. The molecule has 0 unspecified atom stereocenters. The van der Waals surface area contributed by atoms with Gasteiger partial charge in [-0.05, 0) is 13.8 Å². The summed E-state index contributed by atoms with van der Waals surface area (Å²) in [5.74, 6) is 0.267. The Morgan fingerprint density at radius 3 is 2.47 bits per heavy atom. The first-order valence-electron chi connectivity index (χ1n) is 4.41. The van der Waals surface area contributed by atoms with Crippen molar-refractivity contribution in [1.29, 1.82) is 0 Å². The van der Waals surface area contributed by atoms with Crippen LogP contribution in [0.3, 0.4) is 0 Å². The molecular formula is C7H12ClN3O3S. The van der Waals surface area contributed by atoms with Crippen LogP contribution in [0, 0.1) is 6.92 Å². The maximum Gasteiger partial charge on any atom is 0.345 e. The van der Waals surface area contributed by atoms with Gasteiger partial charge in [-0.2, -0.15) is 5.10 Å². The van der Waals surface area contributed by atoms with Crippen LogP contribution in [-0.4, -0.2) is 28.5 Å². The predicted octanol–water partition coefficient (Wildman–Crippen LogP) is -0.0583. The van der Waals surface area contributed by atoms with Crippen molar-refractivity contribution in [2.45, 2.75) is 26.9 Å². The molecule has 1 aromatic rings. The Kier molecular flexibility index (Phi) is 3.56. The van der Waals surface area contributed by atoms with Crippen LogP contribution in [-0.2, 0) is 22.1 Å². The van der Waals surface area contributed by atoms with E-state index in [-0.39, 0.29) is 18.0 Å². The molecule has 1 heterocycles. The lowest BCUT2D eigenvalue weighted by Crippen LogP contribution is -2.26. The molecule has 1 rings (SSSR count). The molecule has 0 aliphatic heterocycles. The van der Waals surface area contributed by atoms with Gasteiger partial charge in [-0.25, -0.2) is 17.9 Å². The van der Waals surface area contributed by atoms with E-state index in [9.17, 15) is 13.2 Å². The van der Waals surface area contributed by atoms with E-state index in [2.05, 4.69) is 5.10 Å². The third kappa shape index (κ3) is 3.07. The van der Waals surface area contributed by atoms with Crippen molar-refractivity contribution >= 4 is 19.7 Å². The fourth-order valence-electron chi connectivity index (χ4n) is 1.25. The molecule has 0 aliphatic carbocycles. The van der Waals surface area contributed by atoms with Crippen molar-refractivity contribution in [2.75, 3.05) is 5.75 Å². The summed E-state index contributed by atoms with van der Waals surface area (Å²) in [4.78, 5) is 11.6. The van der Waals surface area contributed by atoms with Gasteiger partial charge in [0.05, 0.1) is 12.3 Å². The van der Waals surface area contributed by atoms with Crippen molar-refractivity contribution in [3.8, 4) is 0 Å². The molecule has 0 radical (unpaired) electrons. The van der Waals surface area contributed by atoms with Crippen molar-refractivity contribution < 1.29 is 8.42 Å². The lowest BCUT2D eigenvalue weighted by atomic mass is 10.6. The fraction of sp³-hybridized carbons (Fsp3) is 0.714. The molecule has 0 saturated heterocycles. The summed E-state index contributed by atoms with van der Waals surface area (Å²) in [6.45, 7) is 4.01. The van der Waals surface area contributed by atoms with Gasteiger partial charge in [0.2, 0.25) is 9.05 Å². The Morgan fingerprint density at radius 1 is 1.47 bits per heavy atom. The van der Waals surface area contributed by atoms with Gasteiger partial charge in [-0.1, -0.05) is 0 Å². The Hall–Kier alpha value is -0.820. The zero-order valence-electron chi connectivity index (χ0n) is 8.47. The first kappa shape index (κ1) is 12.3. The van der Waals surface area contributed by atoms with Crippen molar-refractivity contribution in [3.05, 3.63) is 16.3 Å². The van der Waals surface area contributed by atoms with Gasteiger partial charge in [-0.3, -0.25) is 4.57 Å². The Morgan fingerprint density at radius 2 is 2.07 bits per heavy atom. The average Bonchev–Trinajstić information content (AvgIpc) is 2.37. The molecule has 0 bridgehead atoms. The van der Waals surface area contributed by atoms with E-state index in [4.69, 9.17) is 10.7 Å². The Bertz CT molecular complexity index is 502. The largest absolute Gasteiger partial charge is 0.345 e. The number of aromatic nitrogens is 3. The number of hydrogen-bond acceptors (Lipinski definition) is 4. The molecule has 1 aromatic heterocycles. The molecule has 0 saturated carbocycles. The highest BCUT2D eigenvalue weighted by Gasteiger charge is 2.11. The predicted molar refractivity (Wildman–Crippen MR) is 56.5 cm³/mol. The summed E-state index contributed by atoms with van der Waals surface area (Å²) in [6.07, 6.45) is 0. The molecule has 0 atom stereocenters. The Balaban J connectivity index is 2.93. The molecule has 15 heavy (non-hydrogen) atoms. The maximum absolute atomic E-state index is 11.6. The van der Waals surface area contributed by atoms with Crippen molar-refractivity contribution in [1.82, 2.24) is 14.3 Å². The van der Waals surface area contributed by atoms with E-state index in [1.54, 1.807) is 6.92 Å². The third-order valence-electron chi connectivity index (χ3n) is 1.97. The minimum atomic E-state index is -3.59. The molecule has 6 nitrogen and oxygen atoms in total. The quantitative estimate of drug-likeness (QED) is 0.705. The minimum absolute atomic E-state index is 0.0154. The van der Waals surface area contributed by atoms with Gasteiger partial charge in [0.25, 0.3) is 0 Å². The number of nitrogens with zero attached hydrogens (tertiary/aromatic N) is 3. The first-order chi connectivity index (χ1) is 6.85. The first-order valence-corrected chi connectivity index (χ1v) is 6.89. The average molecular weight is 254 g/mol. The molecule has 86 valence electrons. The van der Waals surface area contributed by atoms with Crippen LogP contribution in [0.5, 0.6) is 0 Å². The van der Waals surface area contributed by atoms with E-state index in [0.717, 1.165) is 4.68 Å². The summed E-state index contributed by atoms with van der Waals surface area (Å²) in [5.41, 5.74) is -0.310. The van der Waals surface area contributed by atoms with Crippen LogP contribution in [0.4, 0.5) is 0 Å². The second-order valence-electron chi connectivity index (χ2n) is 3.04. The third-order valence-corrected chi connectivity index (χ3v) is 3.10. The van der Waals surface area contributed by atoms with Crippen molar-refractivity contribution in [2.24, 2.45) is 0 Å². The van der Waals surface area contributed by atoms with E-state index < -0.39 is 9.05 Å². The lowest BCUT2D eigenvalue weighted by Gasteiger charge is -1.96. The second-order valence-corrected chi connectivity index (χ2v) is 5.94. The van der Waals surface area contributed by atoms with Gasteiger partial charge >= 0.3 is 5.69 Å². The summed E-state index contributed by atoms with van der Waals surface area (Å²) >= 11 is 0. The van der Waals surface area contributed by atoms with Gasteiger partial charge in [0.1, 0.15) is 5.82 Å². The highest BCUT2D eigenvalue weighted by Crippen LogP contribution is 1.97. The normalized spacial score (nSPS) is 11.9. The second kappa shape index (κ2) is 4.36. The highest BCUT2D eigenvalue weighted by molar-refractivity contribution is 8.13. The summed E-state index contributed by atoms with van der Waals surface area (Å²) in [6, 6.07) is 0. The number of halogens is 1. The van der Waals surface area contributed by atoms with Crippen molar-refractivity contribution in [3.63, 3.8) is 0 Å². The highest BCUT2D eigenvalue weighted by atomic mass is 35.7. The molecule has 0 aromatic carbocycles. The van der Waals surface area contributed by atoms with Crippen LogP contribution in [0.25, 0.3) is 0 Å². The molecule has 0 amide bonds. The summed E-state index contributed by atoms with van der Waals surface area (Å²) < 4.78 is 24.0. The summed E-state index contributed by atoms with van der Waals surface area (Å²) in [5, 5.41) is 3.93. The molecule has 0 spiro atoms. The van der Waals surface area contributed by atoms with E-state index in [1.807, 2.05) is 6.92 Å². The van der Waals surface area contributed by atoms with Gasteiger partial charge in [0.15, 0.2) is 0 Å². The fourth-order valence-corrected chi connectivity index (χ4v) is 1.85. The zero-order valence-corrected chi connectivity index (χ0v) is 10.0. The molecular weight excluding hydrogens is 242 g/mol. The molecule has 0 fully saturated rings. The van der Waals surface area contributed by atoms with E-state index in [1.165, 1.54) is 4.57 Å². The van der Waals surface area contributed by atoms with Crippen LogP contribution in [0.2, 0.25) is 0 Å². The van der Waals surface area contributed by atoms with Gasteiger partial charge in [-0.15, -0.1) is 0 Å². The number of aryl methyl sites for hydroxylation is 2. The van der Waals surface area contributed by atoms with E-state index >= 15 is 0 Å². The Labute approximate surface area is 91.9 Å². The van der Waals surface area contributed by atoms with Crippen LogP contribution < -0.4 is 5.69 Å². The number of hydrogen-bond donors (Lipinski definition) is 0. The molecule has 0 aliphatic rings. The topological polar surface area (TPSA) is 74.0 Å². The minimum Gasteiger partial charge on any atom is -0.279 e. The lowest BCUT2D eigenvalue weighted by molar-refractivity contribution is 0.581. The van der Waals surface area contributed by atoms with Crippen LogP contribution >= 0.6 is 10.7 Å². The SMILES string of the molecule is CCn1c(C)nn(CCS(=O)(=O)Cl)c1=O. The standard InChI is InChI=1S/C7H12ClN3O3S/c1-3-10-6(2)9-11(7(10)12)4-5-15(8,13)14/h3-5H2,1-2H3. The molecule has 0 N–H and O–H groups in total. The van der Waals surface area contributed by atoms with Gasteiger partial charge < -0.3 is 0 Å². The monoisotopic (exact) mass is 253 g/mol. The van der Waals surface area contributed by atoms with Crippen LogP contribution in [0.15, 0.2) is 4.79 Å². The van der Waals surface area contributed by atoms with E-state index in [0.29, 0.717) is 12.4 Å². The summed E-state index contributed by atoms with van der Waals surface area (Å²) in [7, 11) is 1.45. The maximum atomic E-state index is 11.6. The number of rotatable bonds is 4. The van der Waals surface area contributed by atoms with Crippen LogP contribution in [0.1, 0.15) is 12.7 Å². The smallest absolute Gasteiger partial charge is 0.279 e. The molecule has 8 heteroatoms.